The van der Waals surface area contributed by atoms with Crippen LogP contribution < -0.4 is 10.9 Å². The summed E-state index contributed by atoms with van der Waals surface area (Å²) in [6.45, 7) is 1.90. The number of hydrogen-bond donors (Lipinski definition) is 2. The Morgan fingerprint density at radius 1 is 1.85 bits per heavy atom. The van der Waals surface area contributed by atoms with E-state index in [0.29, 0.717) is 11.6 Å². The third-order valence-electron chi connectivity index (χ3n) is 1.40. The van der Waals surface area contributed by atoms with E-state index in [9.17, 15) is 4.79 Å². The van der Waals surface area contributed by atoms with Gasteiger partial charge in [-0.05, 0) is 6.42 Å². The van der Waals surface area contributed by atoms with Crippen LogP contribution in [-0.2, 0) is 4.79 Å². The number of rotatable bonds is 3. The summed E-state index contributed by atoms with van der Waals surface area (Å²) in [5.74, 6) is -0.158. The van der Waals surface area contributed by atoms with Gasteiger partial charge in [0.05, 0.1) is 6.61 Å². The Balaban J connectivity index is 2.40. The molecule has 1 radical (unpaired) electrons. The van der Waals surface area contributed by atoms with Gasteiger partial charge in [0, 0.05) is 6.42 Å². The highest BCUT2D eigenvalue weighted by Gasteiger charge is 2.21. The molecule has 13 heavy (non-hydrogen) atoms. The SMILES string of the molecule is CCCC(=O)N=C1[N]NC(CO)S1. The summed E-state index contributed by atoms with van der Waals surface area (Å²) < 4.78 is 0. The highest BCUT2D eigenvalue weighted by atomic mass is 32.2. The number of carbonyl (C=O) groups is 1. The number of hydrogen-bond acceptors (Lipinski definition) is 4. The molecule has 0 aliphatic carbocycles. The van der Waals surface area contributed by atoms with Gasteiger partial charge in [-0.1, -0.05) is 18.7 Å². The molecule has 0 bridgehead atoms. The molecular formula is C7H12N3O2S. The summed E-state index contributed by atoms with van der Waals surface area (Å²) in [4.78, 5) is 14.8. The predicted molar refractivity (Wildman–Crippen MR) is 51.1 cm³/mol. The molecule has 2 N–H and O–H groups in total. The van der Waals surface area contributed by atoms with Crippen LogP contribution in [0.5, 0.6) is 0 Å². The molecule has 1 atom stereocenters. The van der Waals surface area contributed by atoms with E-state index >= 15 is 0 Å². The molecular weight excluding hydrogens is 190 g/mol. The Hall–Kier alpha value is -0.590. The van der Waals surface area contributed by atoms with Crippen molar-refractivity contribution < 1.29 is 9.90 Å². The van der Waals surface area contributed by atoms with E-state index in [4.69, 9.17) is 5.11 Å². The maximum atomic E-state index is 11.0. The fourth-order valence-corrected chi connectivity index (χ4v) is 1.51. The first-order valence-corrected chi connectivity index (χ1v) is 4.99. The van der Waals surface area contributed by atoms with E-state index < -0.39 is 0 Å². The second kappa shape index (κ2) is 5.21. The van der Waals surface area contributed by atoms with E-state index in [0.717, 1.165) is 6.42 Å². The minimum absolute atomic E-state index is 0.0187. The van der Waals surface area contributed by atoms with Crippen molar-refractivity contribution in [2.75, 3.05) is 6.61 Å². The Morgan fingerprint density at radius 2 is 2.62 bits per heavy atom. The van der Waals surface area contributed by atoms with Gasteiger partial charge in [0.1, 0.15) is 5.37 Å². The molecule has 1 aliphatic heterocycles. The largest absolute Gasteiger partial charge is 0.394 e. The summed E-state index contributed by atoms with van der Waals surface area (Å²) in [5.41, 5.74) is 6.45. The van der Waals surface area contributed by atoms with Crippen LogP contribution in [0.4, 0.5) is 0 Å². The van der Waals surface area contributed by atoms with Crippen molar-refractivity contribution in [3.05, 3.63) is 0 Å². The second-order valence-corrected chi connectivity index (χ2v) is 3.74. The van der Waals surface area contributed by atoms with Crippen molar-refractivity contribution in [3.63, 3.8) is 0 Å². The molecule has 1 saturated heterocycles. The van der Waals surface area contributed by atoms with Crippen LogP contribution in [0.15, 0.2) is 4.99 Å². The number of thioether (sulfide) groups is 1. The molecule has 1 fully saturated rings. The summed E-state index contributed by atoms with van der Waals surface area (Å²) in [6.07, 6.45) is 1.24. The van der Waals surface area contributed by atoms with Gasteiger partial charge in [-0.25, -0.2) is 0 Å². The van der Waals surface area contributed by atoms with Gasteiger partial charge in [0.25, 0.3) is 0 Å². The lowest BCUT2D eigenvalue weighted by Crippen LogP contribution is -2.27. The van der Waals surface area contributed by atoms with E-state index in [1.807, 2.05) is 6.92 Å². The molecule has 1 unspecified atom stereocenters. The average Bonchev–Trinajstić information content (AvgIpc) is 2.52. The van der Waals surface area contributed by atoms with E-state index in [-0.39, 0.29) is 17.9 Å². The zero-order valence-electron chi connectivity index (χ0n) is 7.36. The third kappa shape index (κ3) is 3.33. The first-order chi connectivity index (χ1) is 6.26. The van der Waals surface area contributed by atoms with Crippen LogP contribution in [0.1, 0.15) is 19.8 Å². The Labute approximate surface area is 81.0 Å². The van der Waals surface area contributed by atoms with Crippen molar-refractivity contribution >= 4 is 22.8 Å². The van der Waals surface area contributed by atoms with Gasteiger partial charge < -0.3 is 5.11 Å². The molecule has 0 spiro atoms. The highest BCUT2D eigenvalue weighted by molar-refractivity contribution is 8.14. The standard InChI is InChI=1S/C7H12N3O2S/c1-2-3-5(12)8-7-10-9-6(4-11)13-7/h6,9,11H,2-4H2,1H3. The summed E-state index contributed by atoms with van der Waals surface area (Å²) in [6, 6.07) is 0. The number of nitrogens with one attached hydrogen (secondary N) is 1. The highest BCUT2D eigenvalue weighted by Crippen LogP contribution is 2.14. The van der Waals surface area contributed by atoms with Crippen LogP contribution in [0.3, 0.4) is 0 Å². The Bertz CT molecular complexity index is 220. The maximum absolute atomic E-state index is 11.0. The second-order valence-electron chi connectivity index (χ2n) is 2.57. The smallest absolute Gasteiger partial charge is 0.248 e. The Kier molecular flexibility index (Phi) is 4.20. The molecule has 6 heteroatoms. The van der Waals surface area contributed by atoms with Gasteiger partial charge in [0.15, 0.2) is 0 Å². The normalized spacial score (nSPS) is 24.8. The quantitative estimate of drug-likeness (QED) is 0.667. The molecule has 1 aliphatic rings. The molecule has 5 nitrogen and oxygen atoms in total. The van der Waals surface area contributed by atoms with E-state index in [2.05, 4.69) is 15.8 Å². The van der Waals surface area contributed by atoms with Crippen molar-refractivity contribution in [3.8, 4) is 0 Å². The van der Waals surface area contributed by atoms with Crippen LogP contribution in [0.25, 0.3) is 0 Å². The number of aliphatic hydroxyl groups is 1. The van der Waals surface area contributed by atoms with Gasteiger partial charge in [-0.3, -0.25) is 4.79 Å². The lowest BCUT2D eigenvalue weighted by Gasteiger charge is -1.97. The zero-order valence-corrected chi connectivity index (χ0v) is 8.17. The molecule has 0 saturated carbocycles. The number of amidine groups is 1. The van der Waals surface area contributed by atoms with Crippen LogP contribution >= 0.6 is 11.8 Å². The zero-order chi connectivity index (χ0) is 9.68. The monoisotopic (exact) mass is 202 g/mol. The number of aliphatic hydroxyl groups excluding tert-OH is 1. The van der Waals surface area contributed by atoms with Crippen LogP contribution in [-0.4, -0.2) is 28.2 Å². The lowest BCUT2D eigenvalue weighted by atomic mass is 10.3. The number of carbonyl (C=O) groups excluding carboxylic acids is 1. The molecule has 0 aromatic carbocycles. The summed E-state index contributed by atoms with van der Waals surface area (Å²) in [5, 5.41) is 8.99. The topological polar surface area (TPSA) is 75.8 Å². The minimum Gasteiger partial charge on any atom is -0.394 e. The van der Waals surface area contributed by atoms with Gasteiger partial charge in [-0.15, -0.1) is 0 Å². The van der Waals surface area contributed by atoms with Crippen molar-refractivity contribution in [1.29, 1.82) is 0 Å². The molecule has 1 amide bonds. The summed E-state index contributed by atoms with van der Waals surface area (Å²) >= 11 is 1.27. The van der Waals surface area contributed by atoms with E-state index in [1.54, 1.807) is 0 Å². The summed E-state index contributed by atoms with van der Waals surface area (Å²) in [7, 11) is 0. The van der Waals surface area contributed by atoms with Gasteiger partial charge in [-0.2, -0.15) is 15.8 Å². The Morgan fingerprint density at radius 3 is 3.15 bits per heavy atom. The number of amides is 1. The van der Waals surface area contributed by atoms with Crippen LogP contribution in [0.2, 0.25) is 0 Å². The van der Waals surface area contributed by atoms with Crippen LogP contribution in [0, 0.1) is 0 Å². The third-order valence-corrected chi connectivity index (χ3v) is 2.33. The fraction of sp³-hybridized carbons (Fsp3) is 0.714. The van der Waals surface area contributed by atoms with Crippen molar-refractivity contribution in [2.45, 2.75) is 25.1 Å². The molecule has 73 valence electrons. The van der Waals surface area contributed by atoms with Gasteiger partial charge >= 0.3 is 0 Å². The first kappa shape index (κ1) is 10.5. The fourth-order valence-electron chi connectivity index (χ4n) is 0.813. The van der Waals surface area contributed by atoms with Crippen molar-refractivity contribution in [1.82, 2.24) is 10.9 Å². The lowest BCUT2D eigenvalue weighted by molar-refractivity contribution is -0.117. The average molecular weight is 202 g/mol. The van der Waals surface area contributed by atoms with Gasteiger partial charge in [0.2, 0.25) is 11.1 Å². The molecule has 1 rings (SSSR count). The molecule has 0 aromatic rings. The number of nitrogens with zero attached hydrogens (tertiary/aromatic N) is 2. The minimum atomic E-state index is -0.159. The van der Waals surface area contributed by atoms with E-state index in [1.165, 1.54) is 11.8 Å². The number of aliphatic imine (C=N–C) groups is 1. The predicted octanol–water partition coefficient (Wildman–Crippen LogP) is -0.157. The molecule has 1 heterocycles. The first-order valence-electron chi connectivity index (χ1n) is 4.11. The molecule has 0 aromatic heterocycles. The maximum Gasteiger partial charge on any atom is 0.248 e. The van der Waals surface area contributed by atoms with Crippen molar-refractivity contribution in [2.24, 2.45) is 4.99 Å².